The highest BCUT2D eigenvalue weighted by Crippen LogP contribution is 2.22. The van der Waals surface area contributed by atoms with E-state index in [-0.39, 0.29) is 0 Å². The maximum atomic E-state index is 10.3. The van der Waals surface area contributed by atoms with Gasteiger partial charge >= 0.3 is 0 Å². The first-order valence-corrected chi connectivity index (χ1v) is 7.60. The van der Waals surface area contributed by atoms with Crippen molar-refractivity contribution in [2.75, 3.05) is 0 Å². The van der Waals surface area contributed by atoms with Crippen LogP contribution in [0.1, 0.15) is 57.2 Å². The van der Waals surface area contributed by atoms with Gasteiger partial charge in [-0.1, -0.05) is 57.2 Å². The topological polar surface area (TPSA) is 38.1 Å². The molecule has 20 heavy (non-hydrogen) atoms. The molecule has 3 nitrogen and oxygen atoms in total. The van der Waals surface area contributed by atoms with Gasteiger partial charge < -0.3 is 5.11 Å². The molecule has 0 saturated heterocycles. The number of para-hydroxylation sites is 1. The van der Waals surface area contributed by atoms with E-state index in [9.17, 15) is 5.11 Å². The Morgan fingerprint density at radius 1 is 1.05 bits per heavy atom. The third-order valence-electron chi connectivity index (χ3n) is 3.60. The van der Waals surface area contributed by atoms with Crippen LogP contribution in [-0.2, 0) is 0 Å². The standard InChI is InChI=1S/C17H24N2O/c1-2-3-4-5-9-12-17(20)16-13-14-18-19(16)15-10-7-6-8-11-15/h6-8,10-11,13-14,17,20H,2-5,9,12H2,1H3. The van der Waals surface area contributed by atoms with Crippen molar-refractivity contribution in [2.24, 2.45) is 0 Å². The summed E-state index contributed by atoms with van der Waals surface area (Å²) in [5, 5.41) is 14.7. The van der Waals surface area contributed by atoms with Gasteiger partial charge in [0, 0.05) is 6.20 Å². The summed E-state index contributed by atoms with van der Waals surface area (Å²) in [6.45, 7) is 2.22. The second-order valence-corrected chi connectivity index (χ2v) is 5.22. The zero-order chi connectivity index (χ0) is 14.2. The molecule has 108 valence electrons. The first-order valence-electron chi connectivity index (χ1n) is 7.60. The Morgan fingerprint density at radius 3 is 2.55 bits per heavy atom. The highest BCUT2D eigenvalue weighted by Gasteiger charge is 2.13. The van der Waals surface area contributed by atoms with Gasteiger partial charge in [0.15, 0.2) is 0 Å². The molecule has 0 amide bonds. The van der Waals surface area contributed by atoms with E-state index in [2.05, 4.69) is 12.0 Å². The molecule has 2 aromatic rings. The van der Waals surface area contributed by atoms with Crippen LogP contribution in [0.5, 0.6) is 0 Å². The van der Waals surface area contributed by atoms with Gasteiger partial charge in [-0.3, -0.25) is 0 Å². The van der Waals surface area contributed by atoms with Crippen LogP contribution in [0.15, 0.2) is 42.6 Å². The molecule has 3 heteroatoms. The molecule has 1 heterocycles. The molecular weight excluding hydrogens is 248 g/mol. The van der Waals surface area contributed by atoms with Crippen LogP contribution in [0.4, 0.5) is 0 Å². The SMILES string of the molecule is CCCCCCCC(O)c1ccnn1-c1ccccc1. The maximum Gasteiger partial charge on any atom is 0.0961 e. The van der Waals surface area contributed by atoms with Crippen LogP contribution in [0, 0.1) is 0 Å². The van der Waals surface area contributed by atoms with Gasteiger partial charge in [-0.25, -0.2) is 4.68 Å². The minimum atomic E-state index is -0.431. The maximum absolute atomic E-state index is 10.3. The summed E-state index contributed by atoms with van der Waals surface area (Å²) in [5.41, 5.74) is 1.88. The van der Waals surface area contributed by atoms with E-state index in [4.69, 9.17) is 0 Å². The molecule has 0 radical (unpaired) electrons. The van der Waals surface area contributed by atoms with E-state index in [1.54, 1.807) is 6.20 Å². The Bertz CT molecular complexity index is 493. The Kier molecular flexibility index (Phi) is 5.81. The lowest BCUT2D eigenvalue weighted by Crippen LogP contribution is -2.07. The lowest BCUT2D eigenvalue weighted by molar-refractivity contribution is 0.156. The van der Waals surface area contributed by atoms with Crippen molar-refractivity contribution in [2.45, 2.75) is 51.6 Å². The minimum absolute atomic E-state index is 0.431. The largest absolute Gasteiger partial charge is 0.387 e. The van der Waals surface area contributed by atoms with Crippen molar-refractivity contribution >= 4 is 0 Å². The van der Waals surface area contributed by atoms with Crippen molar-refractivity contribution < 1.29 is 5.11 Å². The number of aliphatic hydroxyl groups is 1. The molecule has 0 aliphatic heterocycles. The van der Waals surface area contributed by atoms with Crippen LogP contribution >= 0.6 is 0 Å². The molecule has 0 fully saturated rings. The fraction of sp³-hybridized carbons (Fsp3) is 0.471. The first kappa shape index (κ1) is 14.8. The lowest BCUT2D eigenvalue weighted by atomic mass is 10.1. The van der Waals surface area contributed by atoms with Crippen LogP contribution in [0.2, 0.25) is 0 Å². The van der Waals surface area contributed by atoms with Gasteiger partial charge in [-0.2, -0.15) is 5.10 Å². The summed E-state index contributed by atoms with van der Waals surface area (Å²) in [7, 11) is 0. The minimum Gasteiger partial charge on any atom is -0.387 e. The molecule has 1 N–H and O–H groups in total. The summed E-state index contributed by atoms with van der Waals surface area (Å²) >= 11 is 0. The molecule has 2 rings (SSSR count). The summed E-state index contributed by atoms with van der Waals surface area (Å²) in [6.07, 6.45) is 8.21. The van der Waals surface area contributed by atoms with Gasteiger partial charge in [0.25, 0.3) is 0 Å². The molecule has 0 saturated carbocycles. The number of aromatic nitrogens is 2. The number of hydrogen-bond acceptors (Lipinski definition) is 2. The van der Waals surface area contributed by atoms with Crippen LogP contribution in [0.25, 0.3) is 5.69 Å². The van der Waals surface area contributed by atoms with Gasteiger partial charge in [0.1, 0.15) is 0 Å². The second-order valence-electron chi connectivity index (χ2n) is 5.22. The highest BCUT2D eigenvalue weighted by atomic mass is 16.3. The number of rotatable bonds is 8. The average Bonchev–Trinajstić information content (AvgIpc) is 2.97. The first-order chi connectivity index (χ1) is 9.83. The van der Waals surface area contributed by atoms with E-state index in [0.29, 0.717) is 0 Å². The zero-order valence-corrected chi connectivity index (χ0v) is 12.2. The van der Waals surface area contributed by atoms with Gasteiger partial charge in [0.05, 0.1) is 17.5 Å². The normalized spacial score (nSPS) is 12.5. The quantitative estimate of drug-likeness (QED) is 0.729. The third-order valence-corrected chi connectivity index (χ3v) is 3.60. The van der Waals surface area contributed by atoms with E-state index in [1.165, 1.54) is 25.7 Å². The van der Waals surface area contributed by atoms with Crippen molar-refractivity contribution in [3.63, 3.8) is 0 Å². The molecule has 1 aromatic carbocycles. The Morgan fingerprint density at radius 2 is 1.80 bits per heavy atom. The van der Waals surface area contributed by atoms with Crippen molar-refractivity contribution in [1.29, 1.82) is 0 Å². The second kappa shape index (κ2) is 7.85. The number of hydrogen-bond donors (Lipinski definition) is 1. The molecule has 1 unspecified atom stereocenters. The number of aliphatic hydroxyl groups excluding tert-OH is 1. The van der Waals surface area contributed by atoms with Crippen molar-refractivity contribution in [1.82, 2.24) is 9.78 Å². The molecule has 0 aliphatic carbocycles. The summed E-state index contributed by atoms with van der Waals surface area (Å²) in [5.74, 6) is 0. The van der Waals surface area contributed by atoms with Gasteiger partial charge in [-0.15, -0.1) is 0 Å². The predicted octanol–water partition coefficient (Wildman–Crippen LogP) is 4.27. The number of unbranched alkanes of at least 4 members (excludes halogenated alkanes) is 4. The smallest absolute Gasteiger partial charge is 0.0961 e. The fourth-order valence-electron chi connectivity index (χ4n) is 2.44. The van der Waals surface area contributed by atoms with Crippen molar-refractivity contribution in [3.05, 3.63) is 48.3 Å². The van der Waals surface area contributed by atoms with E-state index < -0.39 is 6.10 Å². The Hall–Kier alpha value is -1.61. The van der Waals surface area contributed by atoms with E-state index in [0.717, 1.165) is 24.2 Å². The molecule has 0 aliphatic rings. The Balaban J connectivity index is 1.94. The number of benzene rings is 1. The zero-order valence-electron chi connectivity index (χ0n) is 12.2. The molecule has 0 spiro atoms. The summed E-state index contributed by atoms with van der Waals surface area (Å²) < 4.78 is 1.83. The van der Waals surface area contributed by atoms with Crippen LogP contribution in [-0.4, -0.2) is 14.9 Å². The molecule has 1 atom stereocenters. The summed E-state index contributed by atoms with van der Waals surface area (Å²) in [4.78, 5) is 0. The summed E-state index contributed by atoms with van der Waals surface area (Å²) in [6, 6.07) is 11.9. The van der Waals surface area contributed by atoms with Gasteiger partial charge in [0.2, 0.25) is 0 Å². The van der Waals surface area contributed by atoms with Gasteiger partial charge in [-0.05, 0) is 24.6 Å². The van der Waals surface area contributed by atoms with E-state index >= 15 is 0 Å². The van der Waals surface area contributed by atoms with Crippen molar-refractivity contribution in [3.8, 4) is 5.69 Å². The molecular formula is C17H24N2O. The molecule has 0 bridgehead atoms. The highest BCUT2D eigenvalue weighted by molar-refractivity contribution is 5.32. The van der Waals surface area contributed by atoms with Crippen LogP contribution < -0.4 is 0 Å². The predicted molar refractivity (Wildman–Crippen MR) is 81.9 cm³/mol. The lowest BCUT2D eigenvalue weighted by Gasteiger charge is -2.13. The number of nitrogens with zero attached hydrogens (tertiary/aromatic N) is 2. The average molecular weight is 272 g/mol. The third kappa shape index (κ3) is 3.94. The fourth-order valence-corrected chi connectivity index (χ4v) is 2.44. The monoisotopic (exact) mass is 272 g/mol. The van der Waals surface area contributed by atoms with E-state index in [1.807, 2.05) is 41.1 Å². The molecule has 1 aromatic heterocycles. The van der Waals surface area contributed by atoms with Crippen LogP contribution in [0.3, 0.4) is 0 Å². The Labute approximate surface area is 121 Å².